The summed E-state index contributed by atoms with van der Waals surface area (Å²) in [7, 11) is 0. The molecule has 84 valence electrons. The molecule has 1 atom stereocenters. The molecule has 0 aliphatic carbocycles. The Morgan fingerprint density at radius 3 is 2.47 bits per heavy atom. The molecule has 0 aliphatic heterocycles. The Hall–Kier alpha value is -0.340. The monoisotopic (exact) mass is 248 g/mol. The zero-order valence-electron chi connectivity index (χ0n) is 8.72. The van der Waals surface area contributed by atoms with Gasteiger partial charge in [0.25, 0.3) is 0 Å². The standard InChI is InChI=1S/C10H14ClO3P/c1-9(2)14-15(11,12)13-8-10-6-4-3-5-7-10/h3-7,9H,8H2,1-2H3. The average molecular weight is 249 g/mol. The second-order valence-corrected chi connectivity index (χ2v) is 5.92. The second kappa shape index (κ2) is 5.66. The highest BCUT2D eigenvalue weighted by atomic mass is 35.7. The summed E-state index contributed by atoms with van der Waals surface area (Å²) in [6, 6.07) is 9.38. The van der Waals surface area contributed by atoms with E-state index in [1.807, 2.05) is 30.3 Å². The molecule has 0 bridgehead atoms. The Labute approximate surface area is 94.7 Å². The number of hydrogen-bond acceptors (Lipinski definition) is 3. The van der Waals surface area contributed by atoms with Gasteiger partial charge in [-0.3, -0.25) is 9.05 Å². The Kier molecular flexibility index (Phi) is 4.81. The quantitative estimate of drug-likeness (QED) is 0.740. The molecule has 1 aromatic carbocycles. The summed E-state index contributed by atoms with van der Waals surface area (Å²) in [6.45, 7) is 0.249. The van der Waals surface area contributed by atoms with E-state index in [9.17, 15) is 4.57 Å². The number of hydrogen-bond donors (Lipinski definition) is 0. The van der Waals surface area contributed by atoms with Gasteiger partial charge in [-0.05, 0) is 19.4 Å². The van der Waals surface area contributed by atoms with Crippen molar-refractivity contribution in [2.75, 3.05) is 0 Å². The maximum absolute atomic E-state index is 11.5. The van der Waals surface area contributed by atoms with Crippen molar-refractivity contribution >= 4 is 18.2 Å². The fourth-order valence-electron chi connectivity index (χ4n) is 1.01. The van der Waals surface area contributed by atoms with E-state index in [1.165, 1.54) is 0 Å². The van der Waals surface area contributed by atoms with Crippen LogP contribution in [-0.2, 0) is 20.2 Å². The van der Waals surface area contributed by atoms with Gasteiger partial charge in [-0.25, -0.2) is 4.57 Å². The van der Waals surface area contributed by atoms with Crippen LogP contribution in [0.5, 0.6) is 0 Å². The minimum Gasteiger partial charge on any atom is -0.294 e. The highest BCUT2D eigenvalue weighted by molar-refractivity contribution is 7.81. The summed E-state index contributed by atoms with van der Waals surface area (Å²) in [6.07, 6.45) is -0.218. The SMILES string of the molecule is CC(C)OP(=O)(Cl)OCc1ccccc1. The predicted octanol–water partition coefficient (Wildman–Crippen LogP) is 3.98. The minimum atomic E-state index is -3.44. The van der Waals surface area contributed by atoms with E-state index < -0.39 is 6.95 Å². The third-order valence-corrected chi connectivity index (χ3v) is 3.21. The highest BCUT2D eigenvalue weighted by Gasteiger charge is 2.22. The molecule has 1 unspecified atom stereocenters. The maximum atomic E-state index is 11.5. The molecular formula is C10H14ClO3P. The molecule has 1 aromatic rings. The van der Waals surface area contributed by atoms with Crippen molar-refractivity contribution < 1.29 is 13.6 Å². The molecule has 0 spiro atoms. The van der Waals surface area contributed by atoms with Gasteiger partial charge < -0.3 is 0 Å². The van der Waals surface area contributed by atoms with E-state index in [2.05, 4.69) is 0 Å². The molecule has 0 fully saturated rings. The lowest BCUT2D eigenvalue weighted by atomic mass is 10.2. The topological polar surface area (TPSA) is 35.5 Å². The second-order valence-electron chi connectivity index (χ2n) is 3.34. The Bertz CT molecular complexity index is 340. The van der Waals surface area contributed by atoms with Crippen LogP contribution in [0.1, 0.15) is 19.4 Å². The van der Waals surface area contributed by atoms with E-state index in [1.54, 1.807) is 13.8 Å². The molecule has 0 N–H and O–H groups in total. The van der Waals surface area contributed by atoms with Crippen molar-refractivity contribution in [3.05, 3.63) is 35.9 Å². The average Bonchev–Trinajstić information content (AvgIpc) is 2.15. The van der Waals surface area contributed by atoms with Gasteiger partial charge in [0.15, 0.2) is 0 Å². The van der Waals surface area contributed by atoms with Gasteiger partial charge in [0.05, 0.1) is 12.7 Å². The van der Waals surface area contributed by atoms with Crippen LogP contribution in [0.3, 0.4) is 0 Å². The van der Waals surface area contributed by atoms with Crippen LogP contribution < -0.4 is 0 Å². The van der Waals surface area contributed by atoms with E-state index in [0.717, 1.165) is 5.56 Å². The lowest BCUT2D eigenvalue weighted by molar-refractivity contribution is 0.176. The Balaban J connectivity index is 2.46. The molecule has 0 saturated heterocycles. The van der Waals surface area contributed by atoms with Crippen molar-refractivity contribution in [2.24, 2.45) is 0 Å². The van der Waals surface area contributed by atoms with Crippen molar-refractivity contribution in [3.8, 4) is 0 Å². The van der Waals surface area contributed by atoms with Crippen LogP contribution >= 0.6 is 18.2 Å². The molecule has 5 heteroatoms. The Morgan fingerprint density at radius 1 is 1.33 bits per heavy atom. The molecule has 0 aliphatic rings. The van der Waals surface area contributed by atoms with Crippen molar-refractivity contribution in [2.45, 2.75) is 26.6 Å². The molecule has 0 aromatic heterocycles. The summed E-state index contributed by atoms with van der Waals surface area (Å²) >= 11 is 5.59. The summed E-state index contributed by atoms with van der Waals surface area (Å²) in [5.41, 5.74) is 0.908. The molecular weight excluding hydrogens is 235 g/mol. The summed E-state index contributed by atoms with van der Waals surface area (Å²) < 4.78 is 21.5. The van der Waals surface area contributed by atoms with Gasteiger partial charge in [-0.1, -0.05) is 30.3 Å². The smallest absolute Gasteiger partial charge is 0.294 e. The van der Waals surface area contributed by atoms with E-state index in [-0.39, 0.29) is 12.7 Å². The first kappa shape index (κ1) is 12.7. The largest absolute Gasteiger partial charge is 0.424 e. The minimum absolute atomic E-state index is 0.189. The number of halogens is 1. The van der Waals surface area contributed by atoms with Gasteiger partial charge >= 0.3 is 6.95 Å². The van der Waals surface area contributed by atoms with Crippen molar-refractivity contribution in [1.82, 2.24) is 0 Å². The summed E-state index contributed by atoms with van der Waals surface area (Å²) in [5, 5.41) is 0. The zero-order chi connectivity index (χ0) is 11.3. The normalized spacial score (nSPS) is 15.2. The van der Waals surface area contributed by atoms with Gasteiger partial charge in [0, 0.05) is 11.2 Å². The maximum Gasteiger partial charge on any atom is 0.424 e. The zero-order valence-corrected chi connectivity index (χ0v) is 10.4. The van der Waals surface area contributed by atoms with Crippen LogP contribution in [0.2, 0.25) is 0 Å². The van der Waals surface area contributed by atoms with Crippen LogP contribution in [0.25, 0.3) is 0 Å². The molecule has 0 radical (unpaired) electrons. The van der Waals surface area contributed by atoms with Gasteiger partial charge in [-0.2, -0.15) is 0 Å². The molecule has 15 heavy (non-hydrogen) atoms. The van der Waals surface area contributed by atoms with Crippen molar-refractivity contribution in [1.29, 1.82) is 0 Å². The van der Waals surface area contributed by atoms with Crippen LogP contribution in [0, 0.1) is 0 Å². The predicted molar refractivity (Wildman–Crippen MR) is 60.9 cm³/mol. The number of rotatable bonds is 5. The molecule has 0 heterocycles. The van der Waals surface area contributed by atoms with E-state index in [0.29, 0.717) is 0 Å². The first-order chi connectivity index (χ1) is 6.99. The molecule has 0 saturated carbocycles. The van der Waals surface area contributed by atoms with E-state index in [4.69, 9.17) is 20.3 Å². The first-order valence-corrected chi connectivity index (χ1v) is 7.11. The van der Waals surface area contributed by atoms with Gasteiger partial charge in [0.1, 0.15) is 0 Å². The molecule has 1 rings (SSSR count). The lowest BCUT2D eigenvalue weighted by Gasteiger charge is -2.14. The molecule has 0 amide bonds. The Morgan fingerprint density at radius 2 is 1.93 bits per heavy atom. The third-order valence-electron chi connectivity index (χ3n) is 1.56. The van der Waals surface area contributed by atoms with Crippen molar-refractivity contribution in [3.63, 3.8) is 0 Å². The summed E-state index contributed by atoms with van der Waals surface area (Å²) in [4.78, 5) is 0. The van der Waals surface area contributed by atoms with E-state index >= 15 is 0 Å². The van der Waals surface area contributed by atoms with Gasteiger partial charge in [0.2, 0.25) is 0 Å². The summed E-state index contributed by atoms with van der Waals surface area (Å²) in [5.74, 6) is 0. The van der Waals surface area contributed by atoms with Crippen LogP contribution in [-0.4, -0.2) is 6.10 Å². The van der Waals surface area contributed by atoms with Gasteiger partial charge in [-0.15, -0.1) is 0 Å². The van der Waals surface area contributed by atoms with Crippen LogP contribution in [0.15, 0.2) is 30.3 Å². The lowest BCUT2D eigenvalue weighted by Crippen LogP contribution is -2.00. The van der Waals surface area contributed by atoms with Crippen LogP contribution in [0.4, 0.5) is 0 Å². The highest BCUT2D eigenvalue weighted by Crippen LogP contribution is 2.55. The number of benzene rings is 1. The first-order valence-electron chi connectivity index (χ1n) is 4.66. The fraction of sp³-hybridized carbons (Fsp3) is 0.400. The fourth-order valence-corrected chi connectivity index (χ4v) is 2.50. The molecule has 3 nitrogen and oxygen atoms in total. The third kappa shape index (κ3) is 5.33.